The number of rotatable bonds is 3. The van der Waals surface area contributed by atoms with Crippen LogP contribution in [-0.4, -0.2) is 15.3 Å². The average Bonchev–Trinajstić information content (AvgIpc) is 2.63. The molecule has 0 atom stereocenters. The maximum absolute atomic E-state index is 13.2. The molecular formula is C13H13FN2O. The van der Waals surface area contributed by atoms with Crippen LogP contribution < -0.4 is 0 Å². The van der Waals surface area contributed by atoms with Crippen molar-refractivity contribution in [3.8, 4) is 0 Å². The largest absolute Gasteiger partial charge is 0.338 e. The summed E-state index contributed by atoms with van der Waals surface area (Å²) in [4.78, 5) is 16.0. The molecule has 0 saturated carbocycles. The van der Waals surface area contributed by atoms with Crippen LogP contribution in [0.5, 0.6) is 0 Å². The number of halogens is 1. The molecule has 0 unspecified atom stereocenters. The molecule has 0 radical (unpaired) electrons. The summed E-state index contributed by atoms with van der Waals surface area (Å²) in [5.74, 6) is 0.173. The van der Waals surface area contributed by atoms with Crippen molar-refractivity contribution in [2.75, 3.05) is 0 Å². The molecule has 17 heavy (non-hydrogen) atoms. The summed E-state index contributed by atoms with van der Waals surface area (Å²) in [5.41, 5.74) is 1.14. The summed E-state index contributed by atoms with van der Waals surface area (Å²) in [6.45, 7) is 1.76. The molecule has 0 spiro atoms. The van der Waals surface area contributed by atoms with Gasteiger partial charge in [0, 0.05) is 25.0 Å². The third kappa shape index (κ3) is 2.58. The first kappa shape index (κ1) is 11.5. The van der Waals surface area contributed by atoms with Crippen LogP contribution in [0.25, 0.3) is 0 Å². The minimum Gasteiger partial charge on any atom is -0.338 e. The molecule has 3 nitrogen and oxygen atoms in total. The SMILES string of the molecule is Cc1cc(F)cc(C(=O)Cc2nccn2C)c1. The molecule has 0 aliphatic carbocycles. The number of ketones is 1. The minimum absolute atomic E-state index is 0.123. The van der Waals surface area contributed by atoms with E-state index in [9.17, 15) is 9.18 Å². The number of nitrogens with zero attached hydrogens (tertiary/aromatic N) is 2. The predicted octanol–water partition coefficient (Wildman–Crippen LogP) is 2.29. The quantitative estimate of drug-likeness (QED) is 0.761. The van der Waals surface area contributed by atoms with E-state index >= 15 is 0 Å². The summed E-state index contributed by atoms with van der Waals surface area (Å²) in [6.07, 6.45) is 3.60. The van der Waals surface area contributed by atoms with Gasteiger partial charge in [0.05, 0.1) is 6.42 Å². The van der Waals surface area contributed by atoms with Crippen molar-refractivity contribution in [2.24, 2.45) is 7.05 Å². The maximum atomic E-state index is 13.2. The molecule has 0 bridgehead atoms. The number of aromatic nitrogens is 2. The van der Waals surface area contributed by atoms with Gasteiger partial charge < -0.3 is 4.57 Å². The van der Waals surface area contributed by atoms with Gasteiger partial charge in [0.2, 0.25) is 0 Å². The molecule has 1 heterocycles. The van der Waals surface area contributed by atoms with Crippen molar-refractivity contribution in [1.82, 2.24) is 9.55 Å². The van der Waals surface area contributed by atoms with Crippen LogP contribution in [0.1, 0.15) is 21.7 Å². The Morgan fingerprint density at radius 1 is 1.41 bits per heavy atom. The number of benzene rings is 1. The number of imidazole rings is 1. The lowest BCUT2D eigenvalue weighted by molar-refractivity contribution is 0.0989. The molecule has 0 fully saturated rings. The van der Waals surface area contributed by atoms with Crippen LogP contribution in [0.4, 0.5) is 4.39 Å². The molecule has 88 valence electrons. The van der Waals surface area contributed by atoms with Crippen LogP contribution in [0.15, 0.2) is 30.6 Å². The highest BCUT2D eigenvalue weighted by atomic mass is 19.1. The number of carbonyl (C=O) groups excluding carboxylic acids is 1. The second-order valence-corrected chi connectivity index (χ2v) is 4.07. The zero-order valence-electron chi connectivity index (χ0n) is 9.77. The van der Waals surface area contributed by atoms with Gasteiger partial charge in [-0.2, -0.15) is 0 Å². The summed E-state index contributed by atoms with van der Waals surface area (Å²) in [5, 5.41) is 0. The third-order valence-corrected chi connectivity index (χ3v) is 2.60. The van der Waals surface area contributed by atoms with E-state index in [1.807, 2.05) is 7.05 Å². The van der Waals surface area contributed by atoms with Gasteiger partial charge in [0.1, 0.15) is 11.6 Å². The zero-order valence-corrected chi connectivity index (χ0v) is 9.77. The lowest BCUT2D eigenvalue weighted by Gasteiger charge is -2.03. The van der Waals surface area contributed by atoms with Gasteiger partial charge in [-0.05, 0) is 30.7 Å². The number of hydrogen-bond donors (Lipinski definition) is 0. The monoisotopic (exact) mass is 232 g/mol. The number of Topliss-reactive ketones (excluding diaryl/α,β-unsaturated/α-hetero) is 1. The Morgan fingerprint density at radius 3 is 2.76 bits per heavy atom. The fourth-order valence-electron chi connectivity index (χ4n) is 1.71. The Hall–Kier alpha value is -1.97. The van der Waals surface area contributed by atoms with E-state index in [2.05, 4.69) is 4.98 Å². The van der Waals surface area contributed by atoms with Crippen molar-refractivity contribution < 1.29 is 9.18 Å². The van der Waals surface area contributed by atoms with Crippen LogP contribution in [-0.2, 0) is 13.5 Å². The van der Waals surface area contributed by atoms with Crippen LogP contribution >= 0.6 is 0 Å². The number of aryl methyl sites for hydroxylation is 2. The Morgan fingerprint density at radius 2 is 2.18 bits per heavy atom. The van der Waals surface area contributed by atoms with Crippen LogP contribution in [0.3, 0.4) is 0 Å². The van der Waals surface area contributed by atoms with E-state index in [0.29, 0.717) is 11.4 Å². The minimum atomic E-state index is -0.381. The summed E-state index contributed by atoms with van der Waals surface area (Å²) in [6, 6.07) is 4.35. The van der Waals surface area contributed by atoms with E-state index < -0.39 is 0 Å². The van der Waals surface area contributed by atoms with Crippen molar-refractivity contribution in [3.63, 3.8) is 0 Å². The fourth-order valence-corrected chi connectivity index (χ4v) is 1.71. The molecule has 0 N–H and O–H groups in total. The molecule has 0 amide bonds. The van der Waals surface area contributed by atoms with Gasteiger partial charge in [-0.3, -0.25) is 4.79 Å². The number of hydrogen-bond acceptors (Lipinski definition) is 2. The second kappa shape index (κ2) is 4.49. The summed E-state index contributed by atoms with van der Waals surface area (Å²) in [7, 11) is 1.83. The fraction of sp³-hybridized carbons (Fsp3) is 0.231. The van der Waals surface area contributed by atoms with Gasteiger partial charge in [0.15, 0.2) is 5.78 Å². The van der Waals surface area contributed by atoms with E-state index in [-0.39, 0.29) is 18.0 Å². The van der Waals surface area contributed by atoms with Gasteiger partial charge in [-0.25, -0.2) is 9.37 Å². The topological polar surface area (TPSA) is 34.9 Å². The molecule has 0 aliphatic rings. The average molecular weight is 232 g/mol. The molecule has 0 aliphatic heterocycles. The highest BCUT2D eigenvalue weighted by Crippen LogP contribution is 2.11. The highest BCUT2D eigenvalue weighted by molar-refractivity contribution is 5.97. The smallest absolute Gasteiger partial charge is 0.170 e. The first-order valence-electron chi connectivity index (χ1n) is 5.33. The Balaban J connectivity index is 2.23. The molecule has 2 aromatic rings. The standard InChI is InChI=1S/C13H13FN2O/c1-9-5-10(7-11(14)6-9)12(17)8-13-15-3-4-16(13)2/h3-7H,8H2,1-2H3. The third-order valence-electron chi connectivity index (χ3n) is 2.60. The highest BCUT2D eigenvalue weighted by Gasteiger charge is 2.11. The Labute approximate surface area is 98.9 Å². The summed E-state index contributed by atoms with van der Waals surface area (Å²) < 4.78 is 15.0. The lowest BCUT2D eigenvalue weighted by atomic mass is 10.1. The van der Waals surface area contributed by atoms with Gasteiger partial charge in [-0.1, -0.05) is 0 Å². The van der Waals surface area contributed by atoms with Crippen molar-refractivity contribution in [2.45, 2.75) is 13.3 Å². The zero-order chi connectivity index (χ0) is 12.4. The van der Waals surface area contributed by atoms with E-state index in [0.717, 1.165) is 5.56 Å². The van der Waals surface area contributed by atoms with E-state index in [4.69, 9.17) is 0 Å². The Bertz CT molecular complexity index is 540. The molecule has 1 aromatic carbocycles. The van der Waals surface area contributed by atoms with Gasteiger partial charge >= 0.3 is 0 Å². The predicted molar refractivity (Wildman–Crippen MR) is 62.4 cm³/mol. The first-order valence-corrected chi connectivity index (χ1v) is 5.33. The van der Waals surface area contributed by atoms with Crippen molar-refractivity contribution >= 4 is 5.78 Å². The lowest BCUT2D eigenvalue weighted by Crippen LogP contribution is -2.08. The molecule has 2 rings (SSSR count). The maximum Gasteiger partial charge on any atom is 0.170 e. The second-order valence-electron chi connectivity index (χ2n) is 4.07. The Kier molecular flexibility index (Phi) is 3.04. The molecule has 0 saturated heterocycles. The molecule has 1 aromatic heterocycles. The molecule has 4 heteroatoms. The van der Waals surface area contributed by atoms with E-state index in [1.54, 1.807) is 30.0 Å². The molecular weight excluding hydrogens is 219 g/mol. The van der Waals surface area contributed by atoms with Crippen molar-refractivity contribution in [1.29, 1.82) is 0 Å². The van der Waals surface area contributed by atoms with Gasteiger partial charge in [-0.15, -0.1) is 0 Å². The first-order chi connectivity index (χ1) is 8.06. The van der Waals surface area contributed by atoms with Crippen molar-refractivity contribution in [3.05, 3.63) is 53.4 Å². The van der Waals surface area contributed by atoms with Gasteiger partial charge in [0.25, 0.3) is 0 Å². The van der Waals surface area contributed by atoms with E-state index in [1.165, 1.54) is 12.1 Å². The number of carbonyl (C=O) groups is 1. The normalized spacial score (nSPS) is 10.5. The van der Waals surface area contributed by atoms with Crippen LogP contribution in [0.2, 0.25) is 0 Å². The summed E-state index contributed by atoms with van der Waals surface area (Å²) >= 11 is 0. The van der Waals surface area contributed by atoms with Crippen LogP contribution in [0, 0.1) is 12.7 Å².